The van der Waals surface area contributed by atoms with Crippen molar-refractivity contribution in [1.82, 2.24) is 15.6 Å². The van der Waals surface area contributed by atoms with Gasteiger partial charge >= 0.3 is 0 Å². The Hall–Kier alpha value is -2.23. The van der Waals surface area contributed by atoms with Gasteiger partial charge < -0.3 is 15.6 Å². The second kappa shape index (κ2) is 7.36. The number of nitrogens with zero attached hydrogens (tertiary/aromatic N) is 1. The van der Waals surface area contributed by atoms with E-state index in [1.165, 1.54) is 22.0 Å². The molecule has 1 aliphatic rings. The van der Waals surface area contributed by atoms with Gasteiger partial charge in [-0.25, -0.2) is 0 Å². The highest BCUT2D eigenvalue weighted by Gasteiger charge is 2.11. The molecule has 122 valence electrons. The molecule has 1 aromatic carbocycles. The van der Waals surface area contributed by atoms with E-state index in [2.05, 4.69) is 66.0 Å². The number of aryl methyl sites for hydroxylation is 1. The van der Waals surface area contributed by atoms with Gasteiger partial charge in [-0.3, -0.25) is 4.99 Å². The molecule has 2 aromatic rings. The van der Waals surface area contributed by atoms with Gasteiger partial charge in [0.15, 0.2) is 5.96 Å². The fourth-order valence-electron chi connectivity index (χ4n) is 3.19. The Morgan fingerprint density at radius 1 is 1.30 bits per heavy atom. The van der Waals surface area contributed by atoms with Gasteiger partial charge in [0, 0.05) is 36.2 Å². The maximum Gasteiger partial charge on any atom is 0.191 e. The van der Waals surface area contributed by atoms with Gasteiger partial charge in [0.25, 0.3) is 0 Å². The molecular formula is C19H26N4. The molecule has 0 bridgehead atoms. The smallest absolute Gasteiger partial charge is 0.191 e. The first-order chi connectivity index (χ1) is 11.3. The fraction of sp³-hybridized carbons (Fsp3) is 0.421. The van der Waals surface area contributed by atoms with Gasteiger partial charge in [0.2, 0.25) is 0 Å². The van der Waals surface area contributed by atoms with E-state index in [9.17, 15) is 0 Å². The Kier molecular flexibility index (Phi) is 5.01. The number of benzene rings is 1. The third kappa shape index (κ3) is 3.76. The summed E-state index contributed by atoms with van der Waals surface area (Å²) >= 11 is 0. The van der Waals surface area contributed by atoms with Crippen LogP contribution in [0.1, 0.15) is 30.9 Å². The molecule has 0 saturated carbocycles. The summed E-state index contributed by atoms with van der Waals surface area (Å²) < 4.78 is 0. The van der Waals surface area contributed by atoms with Gasteiger partial charge in [-0.1, -0.05) is 24.3 Å². The van der Waals surface area contributed by atoms with Gasteiger partial charge in [0.05, 0.1) is 0 Å². The monoisotopic (exact) mass is 310 g/mol. The van der Waals surface area contributed by atoms with Crippen LogP contribution in [0.4, 0.5) is 0 Å². The van der Waals surface area contributed by atoms with Gasteiger partial charge in [-0.05, 0) is 50.3 Å². The number of aromatic amines is 1. The van der Waals surface area contributed by atoms with Crippen LogP contribution in [0.5, 0.6) is 0 Å². The maximum absolute atomic E-state index is 4.74. The normalized spacial score (nSPS) is 15.5. The van der Waals surface area contributed by atoms with E-state index in [1.54, 1.807) is 0 Å². The third-order valence-electron chi connectivity index (χ3n) is 4.34. The number of hydrogen-bond acceptors (Lipinski definition) is 1. The Labute approximate surface area is 138 Å². The van der Waals surface area contributed by atoms with Crippen molar-refractivity contribution in [1.29, 1.82) is 0 Å². The Balaban J connectivity index is 1.65. The maximum atomic E-state index is 4.74. The first-order valence-corrected chi connectivity index (χ1v) is 8.53. The molecule has 23 heavy (non-hydrogen) atoms. The summed E-state index contributed by atoms with van der Waals surface area (Å²) in [5.41, 5.74) is 3.89. The Morgan fingerprint density at radius 3 is 2.91 bits per heavy atom. The topological polar surface area (TPSA) is 52.2 Å². The van der Waals surface area contributed by atoms with Crippen LogP contribution in [0.25, 0.3) is 10.9 Å². The van der Waals surface area contributed by atoms with Crippen LogP contribution in [-0.2, 0) is 6.42 Å². The van der Waals surface area contributed by atoms with E-state index in [4.69, 9.17) is 4.99 Å². The number of nitrogens with one attached hydrogen (secondary N) is 3. The van der Waals surface area contributed by atoms with Crippen LogP contribution >= 0.6 is 0 Å². The lowest BCUT2D eigenvalue weighted by Crippen LogP contribution is -2.42. The molecule has 0 saturated heterocycles. The molecule has 3 rings (SSSR count). The van der Waals surface area contributed by atoms with Crippen molar-refractivity contribution in [2.24, 2.45) is 4.99 Å². The van der Waals surface area contributed by atoms with Crippen LogP contribution in [0.2, 0.25) is 0 Å². The SMILES string of the molecule is CCNC(=NCCc1c[nH]c2cccc(C)c12)NC1CC=CC1. The van der Waals surface area contributed by atoms with Crippen molar-refractivity contribution in [2.45, 2.75) is 39.2 Å². The molecule has 0 fully saturated rings. The lowest BCUT2D eigenvalue weighted by molar-refractivity contribution is 0.633. The van der Waals surface area contributed by atoms with Crippen molar-refractivity contribution in [2.75, 3.05) is 13.1 Å². The number of aliphatic imine (C=N–C) groups is 1. The summed E-state index contributed by atoms with van der Waals surface area (Å²) in [5.74, 6) is 0.928. The fourth-order valence-corrected chi connectivity index (χ4v) is 3.19. The highest BCUT2D eigenvalue weighted by atomic mass is 15.2. The first kappa shape index (κ1) is 15.7. The summed E-state index contributed by atoms with van der Waals surface area (Å²) in [6.45, 7) is 5.95. The minimum absolute atomic E-state index is 0.489. The second-order valence-electron chi connectivity index (χ2n) is 6.11. The van der Waals surface area contributed by atoms with E-state index < -0.39 is 0 Å². The molecule has 4 heteroatoms. The largest absolute Gasteiger partial charge is 0.361 e. The molecule has 1 aliphatic carbocycles. The molecule has 3 N–H and O–H groups in total. The van der Waals surface area contributed by atoms with Crippen molar-refractivity contribution < 1.29 is 0 Å². The predicted octanol–water partition coefficient (Wildman–Crippen LogP) is 3.29. The average Bonchev–Trinajstić information content (AvgIpc) is 3.18. The van der Waals surface area contributed by atoms with E-state index in [-0.39, 0.29) is 0 Å². The Bertz CT molecular complexity index is 703. The number of rotatable bonds is 5. The molecule has 1 heterocycles. The molecule has 4 nitrogen and oxygen atoms in total. The quantitative estimate of drug-likeness (QED) is 0.451. The molecule has 1 aromatic heterocycles. The van der Waals surface area contributed by atoms with Gasteiger partial charge in [-0.2, -0.15) is 0 Å². The first-order valence-electron chi connectivity index (χ1n) is 8.53. The van der Waals surface area contributed by atoms with Crippen LogP contribution in [0.15, 0.2) is 41.5 Å². The minimum Gasteiger partial charge on any atom is -0.361 e. The van der Waals surface area contributed by atoms with Crippen molar-refractivity contribution >= 4 is 16.9 Å². The summed E-state index contributed by atoms with van der Waals surface area (Å²) in [4.78, 5) is 8.10. The van der Waals surface area contributed by atoms with Crippen molar-refractivity contribution in [3.05, 3.63) is 47.7 Å². The number of H-pyrrole nitrogens is 1. The molecule has 0 unspecified atom stereocenters. The molecule has 0 radical (unpaired) electrons. The van der Waals surface area contributed by atoms with Gasteiger partial charge in [0.1, 0.15) is 0 Å². The Morgan fingerprint density at radius 2 is 2.13 bits per heavy atom. The predicted molar refractivity (Wildman–Crippen MR) is 98.0 cm³/mol. The number of hydrogen-bond donors (Lipinski definition) is 3. The summed E-state index contributed by atoms with van der Waals surface area (Å²) in [5, 5.41) is 8.20. The number of fused-ring (bicyclic) bond motifs is 1. The molecule has 0 aliphatic heterocycles. The van der Waals surface area contributed by atoms with Crippen molar-refractivity contribution in [3.63, 3.8) is 0 Å². The highest BCUT2D eigenvalue weighted by Crippen LogP contribution is 2.22. The van der Waals surface area contributed by atoms with E-state index in [0.717, 1.165) is 38.3 Å². The summed E-state index contributed by atoms with van der Waals surface area (Å²) in [6, 6.07) is 6.89. The van der Waals surface area contributed by atoms with Crippen LogP contribution in [0, 0.1) is 6.92 Å². The van der Waals surface area contributed by atoms with Gasteiger partial charge in [-0.15, -0.1) is 0 Å². The standard InChI is InChI=1S/C19H26N4/c1-3-20-19(23-16-8-4-5-9-16)21-12-11-15-13-22-17-10-6-7-14(2)18(15)17/h4-7,10,13,16,22H,3,8-9,11-12H2,1-2H3,(H2,20,21,23). The highest BCUT2D eigenvalue weighted by molar-refractivity contribution is 5.86. The molecule has 0 atom stereocenters. The summed E-state index contributed by atoms with van der Waals surface area (Å²) in [7, 11) is 0. The lowest BCUT2D eigenvalue weighted by Gasteiger charge is -2.16. The summed E-state index contributed by atoms with van der Waals surface area (Å²) in [6.07, 6.45) is 9.71. The zero-order chi connectivity index (χ0) is 16.1. The van der Waals surface area contributed by atoms with Crippen LogP contribution in [-0.4, -0.2) is 30.1 Å². The van der Waals surface area contributed by atoms with Crippen LogP contribution in [0.3, 0.4) is 0 Å². The zero-order valence-corrected chi connectivity index (χ0v) is 14.0. The van der Waals surface area contributed by atoms with E-state index >= 15 is 0 Å². The number of guanidine groups is 1. The van der Waals surface area contributed by atoms with Crippen molar-refractivity contribution in [3.8, 4) is 0 Å². The second-order valence-corrected chi connectivity index (χ2v) is 6.11. The molecule has 0 amide bonds. The van der Waals surface area contributed by atoms with Crippen LogP contribution < -0.4 is 10.6 Å². The molecule has 0 spiro atoms. The lowest BCUT2D eigenvalue weighted by atomic mass is 10.1. The van der Waals surface area contributed by atoms with E-state index in [1.807, 2.05) is 0 Å². The third-order valence-corrected chi connectivity index (χ3v) is 4.34. The molecular weight excluding hydrogens is 284 g/mol. The minimum atomic E-state index is 0.489. The van der Waals surface area contributed by atoms with E-state index in [0.29, 0.717) is 6.04 Å². The average molecular weight is 310 g/mol. The zero-order valence-electron chi connectivity index (χ0n) is 14.0. The number of aromatic nitrogens is 1.